The Kier molecular flexibility index (Phi) is 7.14. The maximum Gasteiger partial charge on any atom is 0.318 e. The Morgan fingerprint density at radius 1 is 1.32 bits per heavy atom. The zero-order chi connectivity index (χ0) is 19.4. The van der Waals surface area contributed by atoms with Gasteiger partial charge in [-0.1, -0.05) is 25.4 Å². The molecule has 0 unspecified atom stereocenters. The lowest BCUT2D eigenvalue weighted by atomic mass is 10.1. The van der Waals surface area contributed by atoms with Crippen molar-refractivity contribution < 1.29 is 17.4 Å². The van der Waals surface area contributed by atoms with E-state index >= 15 is 0 Å². The molecule has 1 N–H and O–H groups in total. The lowest BCUT2D eigenvalue weighted by Crippen LogP contribution is -2.49. The maximum absolute atomic E-state index is 12.6. The van der Waals surface area contributed by atoms with Crippen LogP contribution in [0, 0.1) is 5.92 Å². The molecule has 0 aliphatic rings. The van der Waals surface area contributed by atoms with Crippen LogP contribution in [0.1, 0.15) is 40.2 Å². The highest BCUT2D eigenvalue weighted by Crippen LogP contribution is 2.26. The first-order chi connectivity index (χ1) is 11.3. The van der Waals surface area contributed by atoms with Crippen LogP contribution < -0.4 is 9.50 Å². The SMILES string of the molecule is CC(C)CN(Cc1cc(Cl)ccc1OS(C)(=O)=O)C(=O)NC(C)(C)C. The molecule has 8 heteroatoms. The monoisotopic (exact) mass is 390 g/mol. The predicted octanol–water partition coefficient (Wildman–Crippen LogP) is 3.64. The fourth-order valence-electron chi connectivity index (χ4n) is 2.18. The zero-order valence-electron chi connectivity index (χ0n) is 15.6. The van der Waals surface area contributed by atoms with Crippen molar-refractivity contribution >= 4 is 27.8 Å². The number of rotatable bonds is 6. The molecule has 2 amide bonds. The Morgan fingerprint density at radius 2 is 1.92 bits per heavy atom. The minimum atomic E-state index is -3.68. The van der Waals surface area contributed by atoms with Gasteiger partial charge in [0.1, 0.15) is 5.75 Å². The molecule has 0 heterocycles. The molecule has 0 saturated heterocycles. The minimum Gasteiger partial charge on any atom is -0.382 e. The predicted molar refractivity (Wildman–Crippen MR) is 100 cm³/mol. The second-order valence-corrected chi connectivity index (χ2v) is 9.51. The highest BCUT2D eigenvalue weighted by atomic mass is 35.5. The van der Waals surface area contributed by atoms with Gasteiger partial charge in [-0.25, -0.2) is 4.79 Å². The Bertz CT molecular complexity index is 712. The number of nitrogens with zero attached hydrogens (tertiary/aromatic N) is 1. The summed E-state index contributed by atoms with van der Waals surface area (Å²) in [6.07, 6.45) is 0.976. The number of benzene rings is 1. The molecule has 0 aliphatic carbocycles. The van der Waals surface area contributed by atoms with Gasteiger partial charge in [0.05, 0.1) is 12.8 Å². The molecule has 6 nitrogen and oxygen atoms in total. The molecule has 0 bridgehead atoms. The smallest absolute Gasteiger partial charge is 0.318 e. The van der Waals surface area contributed by atoms with Crippen molar-refractivity contribution in [2.75, 3.05) is 12.8 Å². The fourth-order valence-corrected chi connectivity index (χ4v) is 2.86. The number of carbonyl (C=O) groups is 1. The lowest BCUT2D eigenvalue weighted by Gasteiger charge is -2.30. The van der Waals surface area contributed by atoms with E-state index in [-0.39, 0.29) is 29.8 Å². The zero-order valence-corrected chi connectivity index (χ0v) is 17.2. The summed E-state index contributed by atoms with van der Waals surface area (Å²) in [5, 5.41) is 3.36. The number of urea groups is 1. The van der Waals surface area contributed by atoms with Crippen molar-refractivity contribution in [2.24, 2.45) is 5.92 Å². The fraction of sp³-hybridized carbons (Fsp3) is 0.588. The van der Waals surface area contributed by atoms with Gasteiger partial charge in [0.15, 0.2) is 0 Å². The second kappa shape index (κ2) is 8.27. The first-order valence-electron chi connectivity index (χ1n) is 8.02. The summed E-state index contributed by atoms with van der Waals surface area (Å²) in [4.78, 5) is 14.2. The van der Waals surface area contributed by atoms with Gasteiger partial charge in [0.25, 0.3) is 0 Å². The molecule has 0 radical (unpaired) electrons. The van der Waals surface area contributed by atoms with Gasteiger partial charge in [-0.2, -0.15) is 8.42 Å². The number of halogens is 1. The summed E-state index contributed by atoms with van der Waals surface area (Å²) in [6, 6.07) is 4.42. The van der Waals surface area contributed by atoms with E-state index in [1.54, 1.807) is 17.0 Å². The normalized spacial score (nSPS) is 12.2. The van der Waals surface area contributed by atoms with Crippen molar-refractivity contribution in [3.05, 3.63) is 28.8 Å². The average molecular weight is 391 g/mol. The van der Waals surface area contributed by atoms with E-state index in [0.29, 0.717) is 17.1 Å². The molecule has 25 heavy (non-hydrogen) atoms. The third kappa shape index (κ3) is 8.45. The first kappa shape index (κ1) is 21.6. The third-order valence-corrected chi connectivity index (χ3v) is 3.70. The van der Waals surface area contributed by atoms with Crippen molar-refractivity contribution in [1.82, 2.24) is 10.2 Å². The molecule has 1 aromatic carbocycles. The van der Waals surface area contributed by atoms with Crippen molar-refractivity contribution in [2.45, 2.75) is 46.7 Å². The highest BCUT2D eigenvalue weighted by molar-refractivity contribution is 7.86. The van der Waals surface area contributed by atoms with Gasteiger partial charge < -0.3 is 14.4 Å². The van der Waals surface area contributed by atoms with Gasteiger partial charge in [-0.15, -0.1) is 0 Å². The van der Waals surface area contributed by atoms with Gasteiger partial charge in [0, 0.05) is 22.7 Å². The number of carbonyl (C=O) groups excluding carboxylic acids is 1. The number of amides is 2. The van der Waals surface area contributed by atoms with Crippen LogP contribution in [0.3, 0.4) is 0 Å². The van der Waals surface area contributed by atoms with E-state index < -0.39 is 10.1 Å². The summed E-state index contributed by atoms with van der Waals surface area (Å²) in [7, 11) is -3.68. The quantitative estimate of drug-likeness (QED) is 0.752. The molecule has 1 aromatic rings. The number of hydrogen-bond acceptors (Lipinski definition) is 4. The molecule has 1 rings (SSSR count). The van der Waals surface area contributed by atoms with E-state index in [1.165, 1.54) is 6.07 Å². The van der Waals surface area contributed by atoms with Crippen molar-refractivity contribution in [3.8, 4) is 5.75 Å². The Balaban J connectivity index is 3.14. The molecule has 0 aromatic heterocycles. The molecular weight excluding hydrogens is 364 g/mol. The van der Waals surface area contributed by atoms with Gasteiger partial charge in [-0.05, 0) is 44.9 Å². The Morgan fingerprint density at radius 3 is 2.40 bits per heavy atom. The summed E-state index contributed by atoms with van der Waals surface area (Å²) >= 11 is 6.04. The largest absolute Gasteiger partial charge is 0.382 e. The van der Waals surface area contributed by atoms with E-state index in [9.17, 15) is 13.2 Å². The van der Waals surface area contributed by atoms with E-state index in [0.717, 1.165) is 6.26 Å². The van der Waals surface area contributed by atoms with Crippen LogP contribution in [0.15, 0.2) is 18.2 Å². The molecule has 0 spiro atoms. The van der Waals surface area contributed by atoms with Crippen LogP contribution >= 0.6 is 11.6 Å². The first-order valence-corrected chi connectivity index (χ1v) is 10.2. The van der Waals surface area contributed by atoms with Crippen LogP contribution in [0.5, 0.6) is 5.75 Å². The topological polar surface area (TPSA) is 75.7 Å². The standard InChI is InChI=1S/C17H27ClN2O4S/c1-12(2)10-20(16(21)19-17(3,4)5)11-13-9-14(18)7-8-15(13)24-25(6,22)23/h7-9,12H,10-11H2,1-6H3,(H,19,21). The van der Waals surface area contributed by atoms with Crippen LogP contribution in [0.4, 0.5) is 4.79 Å². The highest BCUT2D eigenvalue weighted by Gasteiger charge is 2.22. The van der Waals surface area contributed by atoms with Gasteiger partial charge >= 0.3 is 16.1 Å². The van der Waals surface area contributed by atoms with Gasteiger partial charge in [0.2, 0.25) is 0 Å². The molecule has 0 fully saturated rings. The van der Waals surface area contributed by atoms with Crippen molar-refractivity contribution in [1.29, 1.82) is 0 Å². The van der Waals surface area contributed by atoms with E-state index in [1.807, 2.05) is 34.6 Å². The second-order valence-electron chi connectivity index (χ2n) is 7.49. The summed E-state index contributed by atoms with van der Waals surface area (Å²) in [5.41, 5.74) is 0.148. The van der Waals surface area contributed by atoms with Crippen molar-refractivity contribution in [3.63, 3.8) is 0 Å². The summed E-state index contributed by atoms with van der Waals surface area (Å²) in [6.45, 7) is 10.4. The maximum atomic E-state index is 12.6. The lowest BCUT2D eigenvalue weighted by molar-refractivity contribution is 0.178. The minimum absolute atomic E-state index is 0.171. The number of hydrogen-bond donors (Lipinski definition) is 1. The Hall–Kier alpha value is -1.47. The van der Waals surface area contributed by atoms with E-state index in [2.05, 4.69) is 5.32 Å². The summed E-state index contributed by atoms with van der Waals surface area (Å²) < 4.78 is 28.0. The average Bonchev–Trinajstić information content (AvgIpc) is 2.37. The van der Waals surface area contributed by atoms with Crippen LogP contribution in [0.2, 0.25) is 5.02 Å². The van der Waals surface area contributed by atoms with Crippen LogP contribution in [0.25, 0.3) is 0 Å². The molecule has 0 saturated carbocycles. The molecule has 0 aliphatic heterocycles. The van der Waals surface area contributed by atoms with Gasteiger partial charge in [-0.3, -0.25) is 0 Å². The summed E-state index contributed by atoms with van der Waals surface area (Å²) in [5.74, 6) is 0.411. The third-order valence-electron chi connectivity index (χ3n) is 2.98. The molecule has 0 atom stereocenters. The molecular formula is C17H27ClN2O4S. The Labute approximate surface area is 155 Å². The number of nitrogens with one attached hydrogen (secondary N) is 1. The van der Waals surface area contributed by atoms with Crippen LogP contribution in [-0.2, 0) is 16.7 Å². The van der Waals surface area contributed by atoms with E-state index in [4.69, 9.17) is 15.8 Å². The molecule has 142 valence electrons. The van der Waals surface area contributed by atoms with Crippen LogP contribution in [-0.4, -0.2) is 37.7 Å².